The minimum atomic E-state index is 0.631. The van der Waals surface area contributed by atoms with Crippen LogP contribution in [0.1, 0.15) is 41.6 Å². The van der Waals surface area contributed by atoms with E-state index in [1.807, 2.05) is 18.5 Å². The molecule has 0 saturated carbocycles. The molecule has 1 fully saturated rings. The third-order valence-corrected chi connectivity index (χ3v) is 4.32. The number of hydrogen-bond acceptors (Lipinski definition) is 2. The average molecular weight is 236 g/mol. The molecule has 0 radical (unpaired) electrons. The molecular formula is C16H16N2. The zero-order valence-corrected chi connectivity index (χ0v) is 10.3. The molecule has 0 N–H and O–H groups in total. The molecule has 0 aliphatic carbocycles. The number of aromatic nitrogens is 1. The molecule has 90 valence electrons. The Morgan fingerprint density at radius 1 is 1.00 bits per heavy atom. The molecule has 2 aromatic rings. The summed E-state index contributed by atoms with van der Waals surface area (Å²) in [6.07, 6.45) is 6.45. The molecule has 1 saturated heterocycles. The van der Waals surface area contributed by atoms with Crippen LogP contribution in [0.15, 0.2) is 48.8 Å². The molecule has 0 spiro atoms. The standard InChI is InChI=1S/C16H16N2/c1-2-6-14-13(5-1)15-7-8-16(14)18(15)11-12-4-3-9-17-10-12/h1-6,9-10,15-16H,7-8,11H2/t15-,16-/m0/s1. The predicted molar refractivity (Wildman–Crippen MR) is 70.9 cm³/mol. The third kappa shape index (κ3) is 1.42. The van der Waals surface area contributed by atoms with Crippen molar-refractivity contribution in [3.05, 3.63) is 65.5 Å². The molecule has 2 heteroatoms. The van der Waals surface area contributed by atoms with Crippen LogP contribution in [-0.4, -0.2) is 9.88 Å². The summed E-state index contributed by atoms with van der Waals surface area (Å²) in [5.74, 6) is 0. The van der Waals surface area contributed by atoms with Gasteiger partial charge in [0.1, 0.15) is 0 Å². The van der Waals surface area contributed by atoms with Crippen LogP contribution in [0.5, 0.6) is 0 Å². The number of benzene rings is 1. The maximum absolute atomic E-state index is 4.22. The Bertz CT molecular complexity index is 533. The van der Waals surface area contributed by atoms with Gasteiger partial charge in [0.15, 0.2) is 0 Å². The van der Waals surface area contributed by atoms with E-state index in [-0.39, 0.29) is 0 Å². The molecule has 0 amide bonds. The lowest BCUT2D eigenvalue weighted by molar-refractivity contribution is 0.214. The Morgan fingerprint density at radius 2 is 1.72 bits per heavy atom. The first-order valence-electron chi connectivity index (χ1n) is 6.67. The average Bonchev–Trinajstić information content (AvgIpc) is 2.96. The monoisotopic (exact) mass is 236 g/mol. The SMILES string of the molecule is c1cncc(CN2[C@H]3CC[C@H]2c2ccccc23)c1. The highest BCUT2D eigenvalue weighted by Crippen LogP contribution is 2.53. The van der Waals surface area contributed by atoms with Crippen molar-refractivity contribution < 1.29 is 0 Å². The molecule has 2 bridgehead atoms. The summed E-state index contributed by atoms with van der Waals surface area (Å²) in [5, 5.41) is 0. The number of fused-ring (bicyclic) bond motifs is 5. The van der Waals surface area contributed by atoms with Crippen LogP contribution in [0.3, 0.4) is 0 Å². The highest BCUT2D eigenvalue weighted by atomic mass is 15.2. The summed E-state index contributed by atoms with van der Waals surface area (Å²) < 4.78 is 0. The van der Waals surface area contributed by atoms with E-state index in [0.717, 1.165) is 6.54 Å². The summed E-state index contributed by atoms with van der Waals surface area (Å²) in [4.78, 5) is 6.86. The Kier molecular flexibility index (Phi) is 2.24. The van der Waals surface area contributed by atoms with Gasteiger partial charge in [-0.25, -0.2) is 0 Å². The van der Waals surface area contributed by atoms with Gasteiger partial charge in [-0.15, -0.1) is 0 Å². The Balaban J connectivity index is 1.66. The van der Waals surface area contributed by atoms with Gasteiger partial charge < -0.3 is 0 Å². The maximum atomic E-state index is 4.22. The lowest BCUT2D eigenvalue weighted by Crippen LogP contribution is -2.19. The van der Waals surface area contributed by atoms with Gasteiger partial charge in [-0.05, 0) is 35.6 Å². The van der Waals surface area contributed by atoms with Crippen LogP contribution in [0.4, 0.5) is 0 Å². The molecule has 1 aromatic carbocycles. The topological polar surface area (TPSA) is 16.1 Å². The van der Waals surface area contributed by atoms with Gasteiger partial charge in [-0.1, -0.05) is 30.3 Å². The largest absolute Gasteiger partial charge is 0.285 e. The molecule has 1 aromatic heterocycles. The van der Waals surface area contributed by atoms with Crippen LogP contribution in [-0.2, 0) is 6.54 Å². The smallest absolute Gasteiger partial charge is 0.0361 e. The van der Waals surface area contributed by atoms with Crippen molar-refractivity contribution in [2.24, 2.45) is 0 Å². The molecule has 0 unspecified atom stereocenters. The van der Waals surface area contributed by atoms with Crippen molar-refractivity contribution >= 4 is 0 Å². The van der Waals surface area contributed by atoms with Crippen LogP contribution >= 0.6 is 0 Å². The second kappa shape index (κ2) is 3.92. The van der Waals surface area contributed by atoms with Crippen LogP contribution in [0, 0.1) is 0 Å². The Hall–Kier alpha value is -1.67. The van der Waals surface area contributed by atoms with E-state index >= 15 is 0 Å². The fourth-order valence-corrected chi connectivity index (χ4v) is 3.57. The third-order valence-electron chi connectivity index (χ3n) is 4.32. The molecule has 3 heterocycles. The first kappa shape index (κ1) is 10.3. The van der Waals surface area contributed by atoms with Crippen molar-refractivity contribution in [2.45, 2.75) is 31.5 Å². The summed E-state index contributed by atoms with van der Waals surface area (Å²) in [7, 11) is 0. The van der Waals surface area contributed by atoms with Crippen molar-refractivity contribution in [2.75, 3.05) is 0 Å². The zero-order valence-electron chi connectivity index (χ0n) is 10.3. The predicted octanol–water partition coefficient (Wildman–Crippen LogP) is 3.47. The fourth-order valence-electron chi connectivity index (χ4n) is 3.57. The molecule has 2 atom stereocenters. The number of hydrogen-bond donors (Lipinski definition) is 0. The van der Waals surface area contributed by atoms with E-state index in [1.54, 1.807) is 11.1 Å². The van der Waals surface area contributed by atoms with Crippen LogP contribution in [0.2, 0.25) is 0 Å². The van der Waals surface area contributed by atoms with Crippen molar-refractivity contribution in [1.29, 1.82) is 0 Å². The van der Waals surface area contributed by atoms with E-state index in [0.29, 0.717) is 12.1 Å². The van der Waals surface area contributed by atoms with Gasteiger partial charge in [-0.2, -0.15) is 0 Å². The Morgan fingerprint density at radius 3 is 2.33 bits per heavy atom. The van der Waals surface area contributed by atoms with Gasteiger partial charge in [0.05, 0.1) is 0 Å². The van der Waals surface area contributed by atoms with Gasteiger partial charge in [0.25, 0.3) is 0 Å². The molecule has 2 aliphatic rings. The summed E-state index contributed by atoms with van der Waals surface area (Å²) in [6, 6.07) is 14.4. The summed E-state index contributed by atoms with van der Waals surface area (Å²) in [6.45, 7) is 1.03. The van der Waals surface area contributed by atoms with E-state index in [1.165, 1.54) is 18.4 Å². The minimum absolute atomic E-state index is 0.631. The second-order valence-corrected chi connectivity index (χ2v) is 5.27. The zero-order chi connectivity index (χ0) is 11.9. The first-order chi connectivity index (χ1) is 8.93. The van der Waals surface area contributed by atoms with Crippen molar-refractivity contribution in [1.82, 2.24) is 9.88 Å². The molecule has 4 rings (SSSR count). The lowest BCUT2D eigenvalue weighted by atomic mass is 9.92. The maximum Gasteiger partial charge on any atom is 0.0361 e. The first-order valence-corrected chi connectivity index (χ1v) is 6.67. The molecule has 2 nitrogen and oxygen atoms in total. The summed E-state index contributed by atoms with van der Waals surface area (Å²) >= 11 is 0. The number of pyridine rings is 1. The van der Waals surface area contributed by atoms with Crippen molar-refractivity contribution in [3.63, 3.8) is 0 Å². The Labute approximate surface area is 107 Å². The van der Waals surface area contributed by atoms with Crippen molar-refractivity contribution in [3.8, 4) is 0 Å². The lowest BCUT2D eigenvalue weighted by Gasteiger charge is -2.21. The fraction of sp³-hybridized carbons (Fsp3) is 0.312. The molecular weight excluding hydrogens is 220 g/mol. The van der Waals surface area contributed by atoms with Gasteiger partial charge in [-0.3, -0.25) is 9.88 Å². The molecule has 2 aliphatic heterocycles. The normalized spacial score (nSPS) is 25.3. The van der Waals surface area contributed by atoms with E-state index in [4.69, 9.17) is 0 Å². The van der Waals surface area contributed by atoms with E-state index in [2.05, 4.69) is 40.2 Å². The van der Waals surface area contributed by atoms with E-state index < -0.39 is 0 Å². The van der Waals surface area contributed by atoms with E-state index in [9.17, 15) is 0 Å². The molecule has 18 heavy (non-hydrogen) atoms. The van der Waals surface area contributed by atoms with Gasteiger partial charge in [0.2, 0.25) is 0 Å². The highest BCUT2D eigenvalue weighted by molar-refractivity contribution is 5.40. The van der Waals surface area contributed by atoms with Crippen LogP contribution in [0.25, 0.3) is 0 Å². The quantitative estimate of drug-likeness (QED) is 0.793. The second-order valence-electron chi connectivity index (χ2n) is 5.27. The van der Waals surface area contributed by atoms with Crippen LogP contribution < -0.4 is 0 Å². The van der Waals surface area contributed by atoms with Gasteiger partial charge in [0, 0.05) is 31.0 Å². The summed E-state index contributed by atoms with van der Waals surface area (Å²) in [5.41, 5.74) is 4.43. The highest BCUT2D eigenvalue weighted by Gasteiger charge is 2.43. The number of rotatable bonds is 2. The van der Waals surface area contributed by atoms with Gasteiger partial charge >= 0.3 is 0 Å². The minimum Gasteiger partial charge on any atom is -0.285 e. The number of nitrogens with zero attached hydrogens (tertiary/aromatic N) is 2.